The SMILES string of the molecule is CC1(COc2cccc(CN(C(=O)c3ccccc3F)[C@H]3CCCCNC3=O)c2)COC1. The van der Waals surface area contributed by atoms with Gasteiger partial charge in [0, 0.05) is 18.5 Å². The van der Waals surface area contributed by atoms with E-state index in [1.54, 1.807) is 12.1 Å². The molecular formula is C25H29FN2O4. The number of amides is 2. The lowest BCUT2D eigenvalue weighted by atomic mass is 9.90. The Morgan fingerprint density at radius 3 is 2.78 bits per heavy atom. The summed E-state index contributed by atoms with van der Waals surface area (Å²) in [5.74, 6) is -0.586. The van der Waals surface area contributed by atoms with E-state index in [0.29, 0.717) is 38.5 Å². The first-order chi connectivity index (χ1) is 15.5. The van der Waals surface area contributed by atoms with E-state index in [1.165, 1.54) is 17.0 Å². The highest BCUT2D eigenvalue weighted by atomic mass is 19.1. The van der Waals surface area contributed by atoms with Crippen LogP contribution in [-0.2, 0) is 16.1 Å². The molecule has 2 aromatic rings. The largest absolute Gasteiger partial charge is 0.493 e. The van der Waals surface area contributed by atoms with Gasteiger partial charge in [0.2, 0.25) is 5.91 Å². The van der Waals surface area contributed by atoms with Crippen LogP contribution in [0, 0.1) is 11.2 Å². The molecule has 0 radical (unpaired) electrons. The zero-order valence-corrected chi connectivity index (χ0v) is 18.3. The van der Waals surface area contributed by atoms with Gasteiger partial charge in [0.1, 0.15) is 17.6 Å². The Hall–Kier alpha value is -2.93. The lowest BCUT2D eigenvalue weighted by Gasteiger charge is -2.37. The van der Waals surface area contributed by atoms with E-state index in [-0.39, 0.29) is 23.4 Å². The van der Waals surface area contributed by atoms with Crippen LogP contribution < -0.4 is 10.1 Å². The van der Waals surface area contributed by atoms with Crippen molar-refractivity contribution in [3.63, 3.8) is 0 Å². The molecule has 0 unspecified atom stereocenters. The molecule has 0 aromatic heterocycles. The molecule has 0 bridgehead atoms. The highest BCUT2D eigenvalue weighted by molar-refractivity contribution is 5.97. The van der Waals surface area contributed by atoms with Gasteiger partial charge in [0.15, 0.2) is 0 Å². The first-order valence-corrected chi connectivity index (χ1v) is 11.1. The predicted molar refractivity (Wildman–Crippen MR) is 118 cm³/mol. The minimum atomic E-state index is -0.653. The normalized spacial score (nSPS) is 19.9. The molecule has 2 fully saturated rings. The van der Waals surface area contributed by atoms with Crippen LogP contribution in [0.1, 0.15) is 42.1 Å². The number of hydrogen-bond donors (Lipinski definition) is 1. The van der Waals surface area contributed by atoms with Gasteiger partial charge in [0.25, 0.3) is 5.91 Å². The number of ether oxygens (including phenoxy) is 2. The Bertz CT molecular complexity index is 976. The molecule has 32 heavy (non-hydrogen) atoms. The molecular weight excluding hydrogens is 411 g/mol. The molecule has 1 atom stereocenters. The molecule has 0 spiro atoms. The minimum absolute atomic E-state index is 0.0152. The van der Waals surface area contributed by atoms with Crippen molar-refractivity contribution in [1.82, 2.24) is 10.2 Å². The van der Waals surface area contributed by atoms with E-state index in [2.05, 4.69) is 12.2 Å². The van der Waals surface area contributed by atoms with Crippen molar-refractivity contribution in [3.05, 3.63) is 65.5 Å². The van der Waals surface area contributed by atoms with E-state index in [9.17, 15) is 14.0 Å². The van der Waals surface area contributed by atoms with Crippen molar-refractivity contribution in [3.8, 4) is 5.75 Å². The van der Waals surface area contributed by atoms with Crippen LogP contribution in [0.25, 0.3) is 0 Å². The lowest BCUT2D eigenvalue weighted by Crippen LogP contribution is -2.48. The zero-order valence-electron chi connectivity index (χ0n) is 18.3. The second-order valence-corrected chi connectivity index (χ2v) is 8.96. The fourth-order valence-electron chi connectivity index (χ4n) is 4.06. The van der Waals surface area contributed by atoms with Crippen LogP contribution >= 0.6 is 0 Å². The molecule has 170 valence electrons. The van der Waals surface area contributed by atoms with Crippen molar-refractivity contribution in [2.24, 2.45) is 5.41 Å². The molecule has 1 N–H and O–H groups in total. The van der Waals surface area contributed by atoms with Gasteiger partial charge in [-0.15, -0.1) is 0 Å². The Labute approximate surface area is 187 Å². The number of rotatable bonds is 7. The van der Waals surface area contributed by atoms with Gasteiger partial charge in [-0.1, -0.05) is 31.2 Å². The average molecular weight is 441 g/mol. The lowest BCUT2D eigenvalue weighted by molar-refractivity contribution is -0.125. The van der Waals surface area contributed by atoms with Crippen LogP contribution in [0.5, 0.6) is 5.75 Å². The third-order valence-corrected chi connectivity index (χ3v) is 5.99. The zero-order chi connectivity index (χ0) is 22.6. The molecule has 4 rings (SSSR count). The number of carbonyl (C=O) groups excluding carboxylic acids is 2. The van der Waals surface area contributed by atoms with E-state index < -0.39 is 17.8 Å². The predicted octanol–water partition coefficient (Wildman–Crippen LogP) is 3.55. The number of benzene rings is 2. The van der Waals surface area contributed by atoms with Crippen molar-refractivity contribution in [1.29, 1.82) is 0 Å². The van der Waals surface area contributed by atoms with Crippen LogP contribution in [0.2, 0.25) is 0 Å². The molecule has 0 aliphatic carbocycles. The topological polar surface area (TPSA) is 67.9 Å². The number of nitrogens with zero attached hydrogens (tertiary/aromatic N) is 1. The first-order valence-electron chi connectivity index (χ1n) is 11.1. The standard InChI is InChI=1S/C25H29FN2O4/c1-25(15-31-16-25)17-32-19-8-6-7-18(13-19)14-28(22-11-4-5-12-27-23(22)29)24(30)20-9-2-3-10-21(20)26/h2-3,6-10,13,22H,4-5,11-12,14-17H2,1H3,(H,27,29)/t22-/m0/s1. The summed E-state index contributed by atoms with van der Waals surface area (Å²) in [6.07, 6.45) is 2.21. The fourth-order valence-corrected chi connectivity index (χ4v) is 4.06. The summed E-state index contributed by atoms with van der Waals surface area (Å²) in [5.41, 5.74) is 0.801. The maximum Gasteiger partial charge on any atom is 0.257 e. The quantitative estimate of drug-likeness (QED) is 0.715. The second kappa shape index (κ2) is 9.69. The highest BCUT2D eigenvalue weighted by Gasteiger charge is 2.35. The molecule has 7 heteroatoms. The first kappa shape index (κ1) is 22.3. The fraction of sp³-hybridized carbons (Fsp3) is 0.440. The molecule has 2 heterocycles. The molecule has 2 aliphatic heterocycles. The molecule has 2 aromatic carbocycles. The van der Waals surface area contributed by atoms with Crippen molar-refractivity contribution < 1.29 is 23.5 Å². The third kappa shape index (κ3) is 5.10. The van der Waals surface area contributed by atoms with E-state index >= 15 is 0 Å². The average Bonchev–Trinajstić information content (AvgIpc) is 2.99. The Kier molecular flexibility index (Phi) is 6.74. The van der Waals surface area contributed by atoms with E-state index in [0.717, 1.165) is 18.4 Å². The van der Waals surface area contributed by atoms with Crippen LogP contribution in [-0.4, -0.2) is 49.1 Å². The minimum Gasteiger partial charge on any atom is -0.493 e. The van der Waals surface area contributed by atoms with Crippen molar-refractivity contribution in [2.45, 2.75) is 38.8 Å². The van der Waals surface area contributed by atoms with E-state index in [4.69, 9.17) is 9.47 Å². The van der Waals surface area contributed by atoms with Gasteiger partial charge in [-0.3, -0.25) is 9.59 Å². The summed E-state index contributed by atoms with van der Waals surface area (Å²) in [5, 5.41) is 2.88. The molecule has 2 amide bonds. The summed E-state index contributed by atoms with van der Waals surface area (Å²) < 4.78 is 25.7. The van der Waals surface area contributed by atoms with Crippen molar-refractivity contribution >= 4 is 11.8 Å². The van der Waals surface area contributed by atoms with Gasteiger partial charge in [-0.2, -0.15) is 0 Å². The number of carbonyl (C=O) groups is 2. The monoisotopic (exact) mass is 440 g/mol. The van der Waals surface area contributed by atoms with Crippen molar-refractivity contribution in [2.75, 3.05) is 26.4 Å². The Morgan fingerprint density at radius 2 is 2.03 bits per heavy atom. The molecule has 2 saturated heterocycles. The molecule has 0 saturated carbocycles. The molecule has 6 nitrogen and oxygen atoms in total. The summed E-state index contributed by atoms with van der Waals surface area (Å²) >= 11 is 0. The number of hydrogen-bond acceptors (Lipinski definition) is 4. The molecule has 2 aliphatic rings. The summed E-state index contributed by atoms with van der Waals surface area (Å²) in [6, 6.07) is 12.7. The van der Waals surface area contributed by atoms with Gasteiger partial charge in [-0.25, -0.2) is 4.39 Å². The third-order valence-electron chi connectivity index (χ3n) is 5.99. The number of halogens is 1. The maximum absolute atomic E-state index is 14.4. The summed E-state index contributed by atoms with van der Waals surface area (Å²) in [4.78, 5) is 27.6. The maximum atomic E-state index is 14.4. The Morgan fingerprint density at radius 1 is 1.22 bits per heavy atom. The van der Waals surface area contributed by atoms with Gasteiger partial charge in [-0.05, 0) is 49.1 Å². The summed E-state index contributed by atoms with van der Waals surface area (Å²) in [7, 11) is 0. The second-order valence-electron chi connectivity index (χ2n) is 8.96. The highest BCUT2D eigenvalue weighted by Crippen LogP contribution is 2.28. The van der Waals surface area contributed by atoms with Gasteiger partial charge in [0.05, 0.1) is 25.4 Å². The van der Waals surface area contributed by atoms with Gasteiger partial charge < -0.3 is 19.7 Å². The Balaban J connectivity index is 1.57. The summed E-state index contributed by atoms with van der Waals surface area (Å²) in [6.45, 7) is 4.77. The van der Waals surface area contributed by atoms with Crippen LogP contribution in [0.4, 0.5) is 4.39 Å². The van der Waals surface area contributed by atoms with Crippen LogP contribution in [0.15, 0.2) is 48.5 Å². The van der Waals surface area contributed by atoms with Crippen LogP contribution in [0.3, 0.4) is 0 Å². The smallest absolute Gasteiger partial charge is 0.257 e. The van der Waals surface area contributed by atoms with E-state index in [1.807, 2.05) is 24.3 Å². The number of nitrogens with one attached hydrogen (secondary N) is 1. The van der Waals surface area contributed by atoms with Gasteiger partial charge >= 0.3 is 0 Å².